The first-order valence-corrected chi connectivity index (χ1v) is 16.9. The van der Waals surface area contributed by atoms with Gasteiger partial charge in [0.05, 0.1) is 66.4 Å². The van der Waals surface area contributed by atoms with Gasteiger partial charge in [0.2, 0.25) is 11.1 Å². The van der Waals surface area contributed by atoms with E-state index in [1.807, 2.05) is 0 Å². The van der Waals surface area contributed by atoms with E-state index in [-0.39, 0.29) is 71.5 Å². The summed E-state index contributed by atoms with van der Waals surface area (Å²) < 4.78 is 152. The molecule has 0 saturated carbocycles. The van der Waals surface area contributed by atoms with Crippen LogP contribution in [-0.2, 0) is 51.9 Å². The highest BCUT2D eigenvalue weighted by atomic mass is 32.2. The third-order valence-corrected chi connectivity index (χ3v) is 7.99. The van der Waals surface area contributed by atoms with E-state index in [9.17, 15) is 48.5 Å². The number of aromatic nitrogens is 4. The summed E-state index contributed by atoms with van der Waals surface area (Å²) in [5.41, 5.74) is -5.18. The fourth-order valence-electron chi connectivity index (χ4n) is 4.89. The molecule has 2 aromatic carbocycles. The summed E-state index contributed by atoms with van der Waals surface area (Å²) in [6.07, 6.45) is -10.3. The van der Waals surface area contributed by atoms with Crippen LogP contribution in [0.5, 0.6) is 11.5 Å². The number of nitrogens with zero attached hydrogens (tertiary/aromatic N) is 5. The van der Waals surface area contributed by atoms with E-state index in [4.69, 9.17) is 14.2 Å². The van der Waals surface area contributed by atoms with E-state index >= 15 is 0 Å². The average Bonchev–Trinajstić information content (AvgIpc) is 3.08. The van der Waals surface area contributed by atoms with Crippen molar-refractivity contribution in [3.63, 3.8) is 0 Å². The zero-order valence-electron chi connectivity index (χ0n) is 28.0. The molecule has 0 aliphatic carbocycles. The molecule has 4 aromatic rings. The molecule has 0 fully saturated rings. The third kappa shape index (κ3) is 11.0. The van der Waals surface area contributed by atoms with Gasteiger partial charge < -0.3 is 19.1 Å². The third-order valence-electron chi connectivity index (χ3n) is 7.28. The van der Waals surface area contributed by atoms with Crippen molar-refractivity contribution in [2.75, 3.05) is 31.5 Å². The highest BCUT2D eigenvalue weighted by Gasteiger charge is 2.37. The standard InChI is InChI=1S/C33H30F9N5O5S/c1-4-51-27(48)6-5-9-52-24-14-43-29(44-15-24)47(17-19-10-22(32(37,38)39)13-23(11-19)33(40,41)42)18-20-12-21(31(34,35)36)7-8-25(20)28-26(50-2)16-45-30(46-28)53(3)49/h7-8,10-16H,4-6,9,17-18H2,1-3H3. The molecule has 0 saturated heterocycles. The Bertz CT molecular complexity index is 1890. The number of alkyl halides is 9. The Labute approximate surface area is 298 Å². The molecule has 0 aliphatic rings. The minimum atomic E-state index is -5.18. The lowest BCUT2D eigenvalue weighted by Crippen LogP contribution is -2.26. The van der Waals surface area contributed by atoms with Gasteiger partial charge >= 0.3 is 24.5 Å². The molecule has 2 aromatic heterocycles. The van der Waals surface area contributed by atoms with Crippen LogP contribution in [0.3, 0.4) is 0 Å². The number of hydrogen-bond acceptors (Lipinski definition) is 10. The van der Waals surface area contributed by atoms with Crippen molar-refractivity contribution >= 4 is 22.7 Å². The molecule has 0 bridgehead atoms. The minimum absolute atomic E-state index is 0.0180. The van der Waals surface area contributed by atoms with Crippen LogP contribution < -0.4 is 14.4 Å². The first kappa shape index (κ1) is 40.8. The van der Waals surface area contributed by atoms with Crippen LogP contribution in [0.15, 0.2) is 60.1 Å². The van der Waals surface area contributed by atoms with Crippen molar-refractivity contribution in [1.29, 1.82) is 0 Å². The maximum absolute atomic E-state index is 14.0. The Hall–Kier alpha value is -5.01. The molecule has 20 heteroatoms. The summed E-state index contributed by atoms with van der Waals surface area (Å²) in [5.74, 6) is -0.737. The van der Waals surface area contributed by atoms with E-state index in [0.717, 1.165) is 41.7 Å². The second-order valence-electron chi connectivity index (χ2n) is 11.1. The molecule has 0 spiro atoms. The van der Waals surface area contributed by atoms with Crippen molar-refractivity contribution < 1.29 is 62.7 Å². The van der Waals surface area contributed by atoms with E-state index < -0.39 is 70.6 Å². The largest absolute Gasteiger partial charge is 0.493 e. The van der Waals surface area contributed by atoms with E-state index in [0.29, 0.717) is 12.1 Å². The van der Waals surface area contributed by atoms with Crippen LogP contribution in [-0.4, -0.2) is 56.7 Å². The van der Waals surface area contributed by atoms with E-state index in [1.54, 1.807) is 6.92 Å². The van der Waals surface area contributed by atoms with Crippen molar-refractivity contribution in [3.8, 4) is 22.8 Å². The van der Waals surface area contributed by atoms with Crippen molar-refractivity contribution in [3.05, 3.63) is 82.8 Å². The van der Waals surface area contributed by atoms with Crippen LogP contribution in [0.25, 0.3) is 11.3 Å². The second kappa shape index (κ2) is 16.8. The Balaban J connectivity index is 1.83. The number of carbonyl (C=O) groups excluding carboxylic acids is 1. The van der Waals surface area contributed by atoms with Crippen LogP contribution in [0, 0.1) is 0 Å². The fourth-order valence-corrected chi connectivity index (χ4v) is 5.31. The number of benzene rings is 2. The maximum Gasteiger partial charge on any atom is 0.416 e. The van der Waals surface area contributed by atoms with Crippen molar-refractivity contribution in [2.24, 2.45) is 0 Å². The number of carbonyl (C=O) groups is 1. The van der Waals surface area contributed by atoms with Gasteiger partial charge in [-0.2, -0.15) is 39.5 Å². The Morgan fingerprint density at radius 2 is 1.45 bits per heavy atom. The monoisotopic (exact) mass is 779 g/mol. The van der Waals surface area contributed by atoms with E-state index in [1.165, 1.54) is 13.4 Å². The summed E-state index contributed by atoms with van der Waals surface area (Å²) in [6.45, 7) is 0.473. The van der Waals surface area contributed by atoms with E-state index in [2.05, 4.69) is 19.9 Å². The summed E-state index contributed by atoms with van der Waals surface area (Å²) in [5, 5.41) is -0.201. The molecule has 0 N–H and O–H groups in total. The Kier molecular flexibility index (Phi) is 12.9. The molecule has 286 valence electrons. The molecular weight excluding hydrogens is 749 g/mol. The lowest BCUT2D eigenvalue weighted by molar-refractivity contribution is -0.144. The summed E-state index contributed by atoms with van der Waals surface area (Å²) in [4.78, 5) is 29.1. The highest BCUT2D eigenvalue weighted by molar-refractivity contribution is 7.84. The predicted molar refractivity (Wildman–Crippen MR) is 171 cm³/mol. The molecule has 1 atom stereocenters. The number of hydrogen-bond donors (Lipinski definition) is 0. The molecule has 0 radical (unpaired) electrons. The van der Waals surface area contributed by atoms with Gasteiger partial charge in [0.1, 0.15) is 5.69 Å². The molecule has 4 rings (SSSR count). The summed E-state index contributed by atoms with van der Waals surface area (Å²) in [6, 6.07) is 3.41. The topological polar surface area (TPSA) is 117 Å². The fraction of sp³-hybridized carbons (Fsp3) is 0.364. The number of halogens is 9. The molecule has 0 amide bonds. The normalized spacial score (nSPS) is 12.7. The van der Waals surface area contributed by atoms with Gasteiger partial charge in [0.25, 0.3) is 0 Å². The zero-order chi connectivity index (χ0) is 39.1. The predicted octanol–water partition coefficient (Wildman–Crippen LogP) is 7.66. The molecule has 2 heterocycles. The van der Waals surface area contributed by atoms with Crippen LogP contribution in [0.1, 0.15) is 47.6 Å². The number of ether oxygens (including phenoxy) is 3. The van der Waals surface area contributed by atoms with Gasteiger partial charge in [-0.25, -0.2) is 19.9 Å². The lowest BCUT2D eigenvalue weighted by Gasteiger charge is -2.26. The Morgan fingerprint density at radius 1 is 0.830 bits per heavy atom. The number of rotatable bonds is 14. The van der Waals surface area contributed by atoms with Gasteiger partial charge in [-0.3, -0.25) is 9.00 Å². The zero-order valence-corrected chi connectivity index (χ0v) is 28.8. The van der Waals surface area contributed by atoms with Gasteiger partial charge in [-0.15, -0.1) is 0 Å². The first-order chi connectivity index (χ1) is 24.8. The van der Waals surface area contributed by atoms with Crippen molar-refractivity contribution in [2.45, 2.75) is 56.5 Å². The smallest absolute Gasteiger partial charge is 0.416 e. The van der Waals surface area contributed by atoms with Crippen LogP contribution in [0.2, 0.25) is 0 Å². The first-order valence-electron chi connectivity index (χ1n) is 15.4. The number of anilines is 1. The average molecular weight is 780 g/mol. The summed E-state index contributed by atoms with van der Waals surface area (Å²) in [7, 11) is -0.527. The quantitative estimate of drug-likeness (QED) is 0.0547. The Morgan fingerprint density at radius 3 is 2.00 bits per heavy atom. The number of esters is 1. The summed E-state index contributed by atoms with van der Waals surface area (Å²) >= 11 is 0. The highest BCUT2D eigenvalue weighted by Crippen LogP contribution is 2.39. The van der Waals surface area contributed by atoms with Gasteiger partial charge in [0.15, 0.2) is 11.5 Å². The molecule has 1 unspecified atom stereocenters. The van der Waals surface area contributed by atoms with Crippen molar-refractivity contribution in [1.82, 2.24) is 19.9 Å². The van der Waals surface area contributed by atoms with Crippen LogP contribution in [0.4, 0.5) is 45.5 Å². The SMILES string of the molecule is CCOC(=O)CCCOc1cnc(N(Cc2cc(C(F)(F)F)cc(C(F)(F)F)c2)Cc2cc(C(F)(F)F)ccc2-c2nc(S(C)=O)ncc2OC)nc1. The number of methoxy groups -OCH3 is 1. The molecular formula is C33H30F9N5O5S. The van der Waals surface area contributed by atoms with Gasteiger partial charge in [-0.05, 0) is 54.8 Å². The lowest BCUT2D eigenvalue weighted by atomic mass is 9.99. The van der Waals surface area contributed by atoms with Crippen LogP contribution >= 0.6 is 0 Å². The molecule has 10 nitrogen and oxygen atoms in total. The maximum atomic E-state index is 14.0. The van der Waals surface area contributed by atoms with Gasteiger partial charge in [-0.1, -0.05) is 6.07 Å². The van der Waals surface area contributed by atoms with Gasteiger partial charge in [0, 0.05) is 31.3 Å². The molecule has 0 aliphatic heterocycles. The minimum Gasteiger partial charge on any atom is -0.493 e. The molecule has 53 heavy (non-hydrogen) atoms. The second-order valence-corrected chi connectivity index (χ2v) is 12.4.